The van der Waals surface area contributed by atoms with Crippen LogP contribution in [-0.2, 0) is 23.9 Å². The molecule has 0 aromatic heterocycles. The van der Waals surface area contributed by atoms with Gasteiger partial charge < -0.3 is 15.2 Å². The lowest BCUT2D eigenvalue weighted by atomic mass is 9.63. The number of nitrogens with one attached hydrogen (secondary N) is 1. The lowest BCUT2D eigenvalue weighted by molar-refractivity contribution is -0.144. The number of likely N-dealkylation sites (tertiary alicyclic amines) is 1. The maximum Gasteiger partial charge on any atom is 0.407 e. The number of ether oxygens (including phenoxy) is 1. The molecule has 3 aliphatic rings. The van der Waals surface area contributed by atoms with Crippen molar-refractivity contribution < 1.29 is 33.8 Å². The summed E-state index contributed by atoms with van der Waals surface area (Å²) < 4.78 is 3.55. The van der Waals surface area contributed by atoms with Crippen LogP contribution in [0.25, 0.3) is 11.1 Å². The summed E-state index contributed by atoms with van der Waals surface area (Å²) in [6.07, 6.45) is 1.49. The number of amides is 3. The number of unbranched alkanes of at least 4 members (excludes halogenated alkanes) is 2. The SMILES string of the molecule is CCCCOC(=O)NC(CCCCN1C(=O)C2C3(C)C(=O)C(C)(C(c4ccccc4)=C3c3ccccc3)C2(Br)C1=O)C(=O)O. The smallest absolute Gasteiger partial charge is 0.407 e. The number of hydrogen-bond donors (Lipinski definition) is 2. The molecule has 232 valence electrons. The number of alkyl halides is 1. The molecular formula is C34H37BrN2O7. The number of carbonyl (C=O) groups excluding carboxylic acids is 4. The zero-order valence-corrected chi connectivity index (χ0v) is 26.7. The van der Waals surface area contributed by atoms with Crippen molar-refractivity contribution >= 4 is 56.7 Å². The molecule has 2 aromatic rings. The van der Waals surface area contributed by atoms with Gasteiger partial charge in [0.2, 0.25) is 11.8 Å². The topological polar surface area (TPSA) is 130 Å². The number of fused-ring (bicyclic) bond motifs is 5. The van der Waals surface area contributed by atoms with Crippen molar-refractivity contribution in [2.45, 2.75) is 63.2 Å². The highest BCUT2D eigenvalue weighted by molar-refractivity contribution is 9.10. The molecule has 10 heteroatoms. The van der Waals surface area contributed by atoms with Crippen LogP contribution < -0.4 is 5.32 Å². The third-order valence-electron chi connectivity index (χ3n) is 9.54. The van der Waals surface area contributed by atoms with Crippen LogP contribution >= 0.6 is 15.9 Å². The number of aliphatic carboxylic acids is 1. The first-order valence-electron chi connectivity index (χ1n) is 15.1. The molecule has 0 spiro atoms. The summed E-state index contributed by atoms with van der Waals surface area (Å²) in [5, 5.41) is 12.0. The molecule has 2 bridgehead atoms. The van der Waals surface area contributed by atoms with E-state index in [9.17, 15) is 29.1 Å². The number of imide groups is 1. The van der Waals surface area contributed by atoms with Crippen molar-refractivity contribution in [1.82, 2.24) is 10.2 Å². The van der Waals surface area contributed by atoms with Crippen LogP contribution in [0.5, 0.6) is 0 Å². The van der Waals surface area contributed by atoms with E-state index in [0.717, 1.165) is 28.7 Å². The lowest BCUT2D eigenvalue weighted by Crippen LogP contribution is -2.50. The molecule has 0 radical (unpaired) electrons. The van der Waals surface area contributed by atoms with Gasteiger partial charge in [-0.05, 0) is 61.8 Å². The normalized spacial score (nSPS) is 28.0. The number of Topliss-reactive ketones (excluding diaryl/α,β-unsaturated/α-hetero) is 1. The summed E-state index contributed by atoms with van der Waals surface area (Å²) in [5.74, 6) is -3.18. The molecule has 2 fully saturated rings. The fraction of sp³-hybridized carbons (Fsp3) is 0.441. The van der Waals surface area contributed by atoms with Gasteiger partial charge in [0.25, 0.3) is 0 Å². The molecule has 1 aliphatic heterocycles. The molecule has 5 rings (SSSR count). The summed E-state index contributed by atoms with van der Waals surface area (Å²) >= 11 is 3.74. The fourth-order valence-electron chi connectivity index (χ4n) is 7.44. The number of halogens is 1. The Labute approximate surface area is 265 Å². The van der Waals surface area contributed by atoms with E-state index in [1.54, 1.807) is 13.8 Å². The van der Waals surface area contributed by atoms with Crippen LogP contribution in [0.3, 0.4) is 0 Å². The van der Waals surface area contributed by atoms with E-state index in [4.69, 9.17) is 4.74 Å². The van der Waals surface area contributed by atoms with Gasteiger partial charge in [0.15, 0.2) is 5.78 Å². The third-order valence-corrected chi connectivity index (χ3v) is 11.1. The molecule has 5 unspecified atom stereocenters. The molecule has 2 aliphatic carbocycles. The maximum absolute atomic E-state index is 14.5. The number of nitrogens with zero attached hydrogens (tertiary/aromatic N) is 1. The Balaban J connectivity index is 1.40. The Morgan fingerprint density at radius 2 is 1.55 bits per heavy atom. The minimum atomic E-state index is -1.47. The van der Waals surface area contributed by atoms with Gasteiger partial charge >= 0.3 is 12.1 Å². The van der Waals surface area contributed by atoms with Crippen molar-refractivity contribution in [2.24, 2.45) is 16.7 Å². The second kappa shape index (κ2) is 12.0. The average molecular weight is 666 g/mol. The second-order valence-corrected chi connectivity index (χ2v) is 13.3. The van der Waals surface area contributed by atoms with Crippen LogP contribution in [0, 0.1) is 16.7 Å². The highest BCUT2D eigenvalue weighted by atomic mass is 79.9. The Kier molecular flexibility index (Phi) is 8.59. The summed E-state index contributed by atoms with van der Waals surface area (Å²) in [7, 11) is 0. The Morgan fingerprint density at radius 1 is 0.955 bits per heavy atom. The van der Waals surface area contributed by atoms with E-state index in [0.29, 0.717) is 19.3 Å². The van der Waals surface area contributed by atoms with E-state index >= 15 is 0 Å². The number of rotatable bonds is 12. The van der Waals surface area contributed by atoms with E-state index < -0.39 is 51.0 Å². The van der Waals surface area contributed by atoms with E-state index in [-0.39, 0.29) is 25.4 Å². The number of carboxylic acid groups (broad SMARTS) is 1. The fourth-order valence-corrected chi connectivity index (χ4v) is 8.69. The van der Waals surface area contributed by atoms with Gasteiger partial charge in [-0.3, -0.25) is 19.3 Å². The van der Waals surface area contributed by atoms with Crippen LogP contribution in [0.4, 0.5) is 4.79 Å². The molecule has 44 heavy (non-hydrogen) atoms. The molecule has 1 saturated carbocycles. The minimum absolute atomic E-state index is 0.0660. The van der Waals surface area contributed by atoms with Gasteiger partial charge in [0.1, 0.15) is 10.4 Å². The standard InChI is InChI=1S/C34H37BrN2O7/c1-4-5-20-44-31(43)36-23(28(39)40)18-12-13-19-37-27(38)26-32(2)24(21-14-8-6-9-15-21)25(22-16-10-7-11-17-22)33(3,29(32)41)34(26,35)30(37)42/h6-11,14-17,23,26H,4-5,12-13,18-20H2,1-3H3,(H,36,43)(H,39,40). The summed E-state index contributed by atoms with van der Waals surface area (Å²) in [6.45, 7) is 5.79. The number of allylic oxidation sites excluding steroid dienone is 2. The van der Waals surface area contributed by atoms with Crippen molar-refractivity contribution in [3.8, 4) is 0 Å². The minimum Gasteiger partial charge on any atom is -0.480 e. The van der Waals surface area contributed by atoms with Gasteiger partial charge in [-0.1, -0.05) is 89.9 Å². The highest BCUT2D eigenvalue weighted by Crippen LogP contribution is 2.77. The number of benzene rings is 2. The second-order valence-electron chi connectivity index (χ2n) is 12.1. The molecule has 2 aromatic carbocycles. The number of carbonyl (C=O) groups is 5. The summed E-state index contributed by atoms with van der Waals surface area (Å²) in [4.78, 5) is 67.8. The van der Waals surface area contributed by atoms with Crippen molar-refractivity contribution in [2.75, 3.05) is 13.2 Å². The average Bonchev–Trinajstić information content (AvgIpc) is 3.39. The van der Waals surface area contributed by atoms with Crippen LogP contribution in [-0.4, -0.2) is 63.2 Å². The van der Waals surface area contributed by atoms with Gasteiger partial charge in [-0.2, -0.15) is 0 Å². The first-order valence-corrected chi connectivity index (χ1v) is 15.9. The molecule has 1 saturated heterocycles. The zero-order valence-electron chi connectivity index (χ0n) is 25.1. The van der Waals surface area contributed by atoms with Crippen LogP contribution in [0.1, 0.15) is 64.0 Å². The maximum atomic E-state index is 14.5. The van der Waals surface area contributed by atoms with Crippen molar-refractivity contribution in [3.05, 3.63) is 71.8 Å². The van der Waals surface area contributed by atoms with Gasteiger partial charge in [0, 0.05) is 6.54 Å². The molecule has 5 atom stereocenters. The lowest BCUT2D eigenvalue weighted by Gasteiger charge is -2.41. The number of ketones is 1. The quantitative estimate of drug-likeness (QED) is 0.175. The Morgan fingerprint density at radius 3 is 2.11 bits per heavy atom. The third kappa shape index (κ3) is 4.60. The molecule has 3 amide bonds. The summed E-state index contributed by atoms with van der Waals surface area (Å²) in [5.41, 5.74) is 0.580. The van der Waals surface area contributed by atoms with Crippen molar-refractivity contribution in [1.29, 1.82) is 0 Å². The zero-order chi connectivity index (χ0) is 31.9. The molecule has 2 N–H and O–H groups in total. The van der Waals surface area contributed by atoms with Gasteiger partial charge in [-0.25, -0.2) is 9.59 Å². The first kappa shape index (κ1) is 31.6. The van der Waals surface area contributed by atoms with E-state index in [2.05, 4.69) is 21.2 Å². The van der Waals surface area contributed by atoms with E-state index in [1.165, 1.54) is 4.90 Å². The Hall–Kier alpha value is -3.79. The number of hydrogen-bond acceptors (Lipinski definition) is 6. The largest absolute Gasteiger partial charge is 0.480 e. The van der Waals surface area contributed by atoms with Gasteiger partial charge in [0.05, 0.1) is 23.4 Å². The molecule has 1 heterocycles. The number of alkyl carbamates (subject to hydrolysis) is 1. The van der Waals surface area contributed by atoms with Gasteiger partial charge in [-0.15, -0.1) is 0 Å². The predicted molar refractivity (Wildman–Crippen MR) is 167 cm³/mol. The summed E-state index contributed by atoms with van der Waals surface area (Å²) in [6, 6.07) is 17.9. The highest BCUT2D eigenvalue weighted by Gasteiger charge is 2.85. The Bertz CT molecular complexity index is 1530. The monoisotopic (exact) mass is 664 g/mol. The molecular weight excluding hydrogens is 628 g/mol. The van der Waals surface area contributed by atoms with Crippen LogP contribution in [0.2, 0.25) is 0 Å². The van der Waals surface area contributed by atoms with Crippen LogP contribution in [0.15, 0.2) is 60.7 Å². The predicted octanol–water partition coefficient (Wildman–Crippen LogP) is 5.47. The van der Waals surface area contributed by atoms with E-state index in [1.807, 2.05) is 67.6 Å². The van der Waals surface area contributed by atoms with Crippen molar-refractivity contribution in [3.63, 3.8) is 0 Å². The first-order chi connectivity index (χ1) is 20.9. The molecule has 9 nitrogen and oxygen atoms in total. The number of carboxylic acids is 1.